The zero-order valence-corrected chi connectivity index (χ0v) is 11.6. The SMILES string of the molecule is CCc1cccc2c1CCC1(C)CNCC21.Cl. The predicted molar refractivity (Wildman–Crippen MR) is 75.1 cm³/mol. The van der Waals surface area contributed by atoms with E-state index in [0.717, 1.165) is 5.92 Å². The van der Waals surface area contributed by atoms with E-state index >= 15 is 0 Å². The zero-order chi connectivity index (χ0) is 11.2. The molecule has 0 aromatic heterocycles. The molecule has 2 aliphatic rings. The van der Waals surface area contributed by atoms with E-state index in [2.05, 4.69) is 37.4 Å². The van der Waals surface area contributed by atoms with Crippen LogP contribution in [0.15, 0.2) is 18.2 Å². The lowest BCUT2D eigenvalue weighted by Gasteiger charge is -2.37. The minimum atomic E-state index is 0. The van der Waals surface area contributed by atoms with Gasteiger partial charge in [0.1, 0.15) is 0 Å². The summed E-state index contributed by atoms with van der Waals surface area (Å²) in [6, 6.07) is 6.93. The quantitative estimate of drug-likeness (QED) is 0.808. The van der Waals surface area contributed by atoms with Gasteiger partial charge >= 0.3 is 0 Å². The van der Waals surface area contributed by atoms with Crippen LogP contribution in [0.5, 0.6) is 0 Å². The van der Waals surface area contributed by atoms with Crippen LogP contribution >= 0.6 is 12.4 Å². The highest BCUT2D eigenvalue weighted by Gasteiger charge is 2.43. The van der Waals surface area contributed by atoms with Crippen LogP contribution in [0, 0.1) is 5.41 Å². The van der Waals surface area contributed by atoms with E-state index in [4.69, 9.17) is 0 Å². The number of benzene rings is 1. The van der Waals surface area contributed by atoms with Crippen LogP contribution in [0.25, 0.3) is 0 Å². The van der Waals surface area contributed by atoms with E-state index in [9.17, 15) is 0 Å². The maximum atomic E-state index is 3.58. The standard InChI is InChI=1S/C15H21N.ClH/c1-3-11-5-4-6-13-12(11)7-8-15(2)10-16-9-14(13)15;/h4-6,14,16H,3,7-10H2,1-2H3;1H. The summed E-state index contributed by atoms with van der Waals surface area (Å²) >= 11 is 0. The molecule has 1 fully saturated rings. The van der Waals surface area contributed by atoms with Crippen LogP contribution in [0.1, 0.15) is 42.9 Å². The topological polar surface area (TPSA) is 12.0 Å². The van der Waals surface area contributed by atoms with E-state index in [1.54, 1.807) is 16.7 Å². The monoisotopic (exact) mass is 251 g/mol. The molecule has 2 atom stereocenters. The first-order valence-electron chi connectivity index (χ1n) is 6.56. The maximum Gasteiger partial charge on any atom is 0.00323 e. The third-order valence-corrected chi connectivity index (χ3v) is 4.73. The summed E-state index contributed by atoms with van der Waals surface area (Å²) in [7, 11) is 0. The molecular formula is C15H22ClN. The third-order valence-electron chi connectivity index (χ3n) is 4.73. The molecule has 1 aromatic rings. The molecule has 94 valence electrons. The van der Waals surface area contributed by atoms with Gasteiger partial charge in [0.25, 0.3) is 0 Å². The fourth-order valence-corrected chi connectivity index (χ4v) is 3.65. The number of halogens is 1. The second kappa shape index (κ2) is 4.62. The van der Waals surface area contributed by atoms with Crippen molar-refractivity contribution in [1.82, 2.24) is 5.32 Å². The molecule has 1 aliphatic carbocycles. The molecule has 0 radical (unpaired) electrons. The van der Waals surface area contributed by atoms with Crippen LogP contribution < -0.4 is 5.32 Å². The first kappa shape index (κ1) is 12.9. The van der Waals surface area contributed by atoms with Gasteiger partial charge in [-0.3, -0.25) is 0 Å². The number of nitrogens with one attached hydrogen (secondary N) is 1. The first-order valence-corrected chi connectivity index (χ1v) is 6.56. The van der Waals surface area contributed by atoms with Crippen molar-refractivity contribution in [3.05, 3.63) is 34.9 Å². The average Bonchev–Trinajstić information content (AvgIpc) is 2.70. The van der Waals surface area contributed by atoms with Crippen LogP contribution in [0.3, 0.4) is 0 Å². The average molecular weight is 252 g/mol. The summed E-state index contributed by atoms with van der Waals surface area (Å²) in [5.74, 6) is 0.753. The first-order chi connectivity index (χ1) is 7.74. The summed E-state index contributed by atoms with van der Waals surface area (Å²) < 4.78 is 0. The van der Waals surface area contributed by atoms with Crippen molar-refractivity contribution in [3.8, 4) is 0 Å². The van der Waals surface area contributed by atoms with E-state index in [0.29, 0.717) is 5.41 Å². The van der Waals surface area contributed by atoms with Crippen LogP contribution in [-0.4, -0.2) is 13.1 Å². The summed E-state index contributed by atoms with van der Waals surface area (Å²) in [5.41, 5.74) is 5.39. The van der Waals surface area contributed by atoms with E-state index < -0.39 is 0 Å². The van der Waals surface area contributed by atoms with Crippen LogP contribution in [0.4, 0.5) is 0 Å². The Bertz CT molecular complexity index is 415. The third kappa shape index (κ3) is 1.90. The lowest BCUT2D eigenvalue weighted by molar-refractivity contribution is 0.277. The van der Waals surface area contributed by atoms with Gasteiger partial charge in [-0.2, -0.15) is 0 Å². The molecule has 1 nitrogen and oxygen atoms in total. The van der Waals surface area contributed by atoms with E-state index in [1.807, 2.05) is 0 Å². The molecule has 2 unspecified atom stereocenters. The maximum absolute atomic E-state index is 3.58. The Morgan fingerprint density at radius 3 is 3.00 bits per heavy atom. The fraction of sp³-hybridized carbons (Fsp3) is 0.600. The van der Waals surface area contributed by atoms with Crippen molar-refractivity contribution >= 4 is 12.4 Å². The largest absolute Gasteiger partial charge is 0.316 e. The molecule has 1 aromatic carbocycles. The zero-order valence-electron chi connectivity index (χ0n) is 10.8. The Morgan fingerprint density at radius 2 is 2.24 bits per heavy atom. The Morgan fingerprint density at radius 1 is 1.41 bits per heavy atom. The highest BCUT2D eigenvalue weighted by Crippen LogP contribution is 2.48. The van der Waals surface area contributed by atoms with Gasteiger partial charge < -0.3 is 5.32 Å². The highest BCUT2D eigenvalue weighted by molar-refractivity contribution is 5.85. The number of hydrogen-bond donors (Lipinski definition) is 1. The molecular weight excluding hydrogens is 230 g/mol. The second-order valence-electron chi connectivity index (χ2n) is 5.68. The van der Waals surface area contributed by atoms with E-state index in [-0.39, 0.29) is 12.4 Å². The van der Waals surface area contributed by atoms with Gasteiger partial charge in [0, 0.05) is 19.0 Å². The van der Waals surface area contributed by atoms with Crippen molar-refractivity contribution in [2.24, 2.45) is 5.41 Å². The predicted octanol–water partition coefficient (Wildman–Crippen LogP) is 3.31. The molecule has 1 saturated heterocycles. The summed E-state index contributed by atoms with van der Waals surface area (Å²) in [4.78, 5) is 0. The van der Waals surface area contributed by atoms with Gasteiger partial charge in [-0.15, -0.1) is 12.4 Å². The Hall–Kier alpha value is -0.530. The number of rotatable bonds is 1. The van der Waals surface area contributed by atoms with Gasteiger partial charge in [-0.25, -0.2) is 0 Å². The van der Waals surface area contributed by atoms with Crippen molar-refractivity contribution in [1.29, 1.82) is 0 Å². The lowest BCUT2D eigenvalue weighted by Crippen LogP contribution is -2.30. The van der Waals surface area contributed by atoms with E-state index in [1.165, 1.54) is 32.4 Å². The summed E-state index contributed by atoms with van der Waals surface area (Å²) in [5, 5.41) is 3.58. The van der Waals surface area contributed by atoms with Gasteiger partial charge in [0.15, 0.2) is 0 Å². The normalized spacial score (nSPS) is 30.4. The molecule has 1 N–H and O–H groups in total. The van der Waals surface area contributed by atoms with Gasteiger partial charge in [0.05, 0.1) is 0 Å². The number of hydrogen-bond acceptors (Lipinski definition) is 1. The van der Waals surface area contributed by atoms with Crippen LogP contribution in [0.2, 0.25) is 0 Å². The van der Waals surface area contributed by atoms with Crippen molar-refractivity contribution in [2.75, 3.05) is 13.1 Å². The Balaban J connectivity index is 0.00000108. The Kier molecular flexibility index (Phi) is 3.51. The Labute approximate surface area is 110 Å². The number of aryl methyl sites for hydroxylation is 1. The molecule has 17 heavy (non-hydrogen) atoms. The molecule has 2 heteroatoms. The van der Waals surface area contributed by atoms with Crippen molar-refractivity contribution < 1.29 is 0 Å². The van der Waals surface area contributed by atoms with Crippen LogP contribution in [-0.2, 0) is 12.8 Å². The van der Waals surface area contributed by atoms with Crippen molar-refractivity contribution in [3.63, 3.8) is 0 Å². The molecule has 0 bridgehead atoms. The molecule has 0 saturated carbocycles. The fourth-order valence-electron chi connectivity index (χ4n) is 3.65. The lowest BCUT2D eigenvalue weighted by atomic mass is 9.66. The highest BCUT2D eigenvalue weighted by atomic mass is 35.5. The summed E-state index contributed by atoms with van der Waals surface area (Å²) in [6.45, 7) is 7.11. The minimum absolute atomic E-state index is 0. The molecule has 0 amide bonds. The molecule has 1 heterocycles. The van der Waals surface area contributed by atoms with Gasteiger partial charge in [0.2, 0.25) is 0 Å². The smallest absolute Gasteiger partial charge is 0.00323 e. The van der Waals surface area contributed by atoms with Crippen molar-refractivity contribution in [2.45, 2.75) is 39.0 Å². The minimum Gasteiger partial charge on any atom is -0.316 e. The number of fused-ring (bicyclic) bond motifs is 3. The second-order valence-corrected chi connectivity index (χ2v) is 5.68. The summed E-state index contributed by atoms with van der Waals surface area (Å²) in [6.07, 6.45) is 3.82. The molecule has 3 rings (SSSR count). The van der Waals surface area contributed by atoms with Gasteiger partial charge in [-0.1, -0.05) is 32.0 Å². The van der Waals surface area contributed by atoms with Gasteiger partial charge in [-0.05, 0) is 41.4 Å². The molecule has 1 aliphatic heterocycles. The molecule has 0 spiro atoms.